The minimum Gasteiger partial charge on any atom is -0.454 e. The largest absolute Gasteiger partial charge is 0.454 e. The van der Waals surface area contributed by atoms with Gasteiger partial charge in [-0.3, -0.25) is 19.6 Å². The van der Waals surface area contributed by atoms with Crippen molar-refractivity contribution in [1.29, 1.82) is 0 Å². The Morgan fingerprint density at radius 3 is 2.42 bits per heavy atom. The third kappa shape index (κ3) is 4.83. The molecule has 31 heavy (non-hydrogen) atoms. The van der Waals surface area contributed by atoms with Gasteiger partial charge < -0.3 is 14.4 Å². The summed E-state index contributed by atoms with van der Waals surface area (Å²) in [6.07, 6.45) is 5.65. The molecular formula is C24H30N4O3. The van der Waals surface area contributed by atoms with Crippen LogP contribution in [0.2, 0.25) is 0 Å². The number of hydrogen-bond acceptors (Lipinski definition) is 6. The molecule has 0 unspecified atom stereocenters. The zero-order chi connectivity index (χ0) is 21.0. The number of piperidine rings is 1. The number of benzene rings is 1. The predicted octanol–water partition coefficient (Wildman–Crippen LogP) is 2.37. The van der Waals surface area contributed by atoms with E-state index in [1.807, 2.05) is 24.5 Å². The molecule has 164 valence electrons. The average Bonchev–Trinajstić information content (AvgIpc) is 3.28. The van der Waals surface area contributed by atoms with Crippen molar-refractivity contribution in [2.24, 2.45) is 5.92 Å². The zero-order valence-electron chi connectivity index (χ0n) is 17.9. The summed E-state index contributed by atoms with van der Waals surface area (Å²) in [6, 6.07) is 10.3. The molecule has 3 aliphatic heterocycles. The van der Waals surface area contributed by atoms with Crippen LogP contribution in [-0.4, -0.2) is 71.7 Å². The van der Waals surface area contributed by atoms with E-state index >= 15 is 0 Å². The SMILES string of the molecule is O=C(C1CCN(Cc2cccnc2)CC1)N1CCN(Cc2ccc3c(c2)OCO3)CC1. The smallest absolute Gasteiger partial charge is 0.231 e. The molecule has 7 nitrogen and oxygen atoms in total. The van der Waals surface area contributed by atoms with Crippen LogP contribution in [0.1, 0.15) is 24.0 Å². The molecule has 0 aliphatic carbocycles. The highest BCUT2D eigenvalue weighted by Crippen LogP contribution is 2.33. The number of carbonyl (C=O) groups excluding carboxylic acids is 1. The molecule has 0 saturated carbocycles. The van der Waals surface area contributed by atoms with Crippen molar-refractivity contribution in [3.05, 3.63) is 53.9 Å². The van der Waals surface area contributed by atoms with Crippen LogP contribution in [0, 0.1) is 5.92 Å². The number of ether oxygens (including phenoxy) is 2. The molecular weight excluding hydrogens is 392 g/mol. The number of pyridine rings is 1. The van der Waals surface area contributed by atoms with Crippen LogP contribution in [0.15, 0.2) is 42.7 Å². The van der Waals surface area contributed by atoms with Crippen molar-refractivity contribution >= 4 is 5.91 Å². The van der Waals surface area contributed by atoms with E-state index in [2.05, 4.69) is 37.9 Å². The number of hydrogen-bond donors (Lipinski definition) is 0. The molecule has 0 N–H and O–H groups in total. The molecule has 3 aliphatic rings. The Bertz CT molecular complexity index is 891. The van der Waals surface area contributed by atoms with Crippen LogP contribution in [0.4, 0.5) is 0 Å². The van der Waals surface area contributed by atoms with E-state index < -0.39 is 0 Å². The molecule has 0 atom stereocenters. The minimum atomic E-state index is 0.172. The first kappa shape index (κ1) is 20.3. The van der Waals surface area contributed by atoms with Gasteiger partial charge in [-0.2, -0.15) is 0 Å². The van der Waals surface area contributed by atoms with E-state index in [4.69, 9.17) is 9.47 Å². The molecule has 0 radical (unpaired) electrons. The fourth-order valence-corrected chi connectivity index (χ4v) is 4.77. The Balaban J connectivity index is 1.07. The minimum absolute atomic E-state index is 0.172. The molecule has 4 heterocycles. The first-order chi connectivity index (χ1) is 15.2. The lowest BCUT2D eigenvalue weighted by Crippen LogP contribution is -2.51. The first-order valence-corrected chi connectivity index (χ1v) is 11.3. The Morgan fingerprint density at radius 2 is 1.65 bits per heavy atom. The van der Waals surface area contributed by atoms with Crippen LogP contribution in [-0.2, 0) is 17.9 Å². The van der Waals surface area contributed by atoms with Gasteiger partial charge in [-0.05, 0) is 55.3 Å². The van der Waals surface area contributed by atoms with Crippen LogP contribution in [0.5, 0.6) is 11.5 Å². The van der Waals surface area contributed by atoms with Crippen molar-refractivity contribution in [1.82, 2.24) is 19.7 Å². The molecule has 2 saturated heterocycles. The fraction of sp³-hybridized carbons (Fsp3) is 0.500. The topological polar surface area (TPSA) is 58.1 Å². The molecule has 0 bridgehead atoms. The highest BCUT2D eigenvalue weighted by molar-refractivity contribution is 5.79. The maximum Gasteiger partial charge on any atom is 0.231 e. The number of carbonyl (C=O) groups is 1. The second kappa shape index (κ2) is 9.24. The maximum absolute atomic E-state index is 13.1. The molecule has 0 spiro atoms. The van der Waals surface area contributed by atoms with Crippen LogP contribution in [0.25, 0.3) is 0 Å². The molecule has 1 aromatic heterocycles. The van der Waals surface area contributed by atoms with Crippen LogP contribution < -0.4 is 9.47 Å². The number of nitrogens with zero attached hydrogens (tertiary/aromatic N) is 4. The van der Waals surface area contributed by atoms with Gasteiger partial charge in [-0.25, -0.2) is 0 Å². The third-order valence-corrected chi connectivity index (χ3v) is 6.59. The van der Waals surface area contributed by atoms with Gasteiger partial charge in [0, 0.05) is 57.6 Å². The standard InChI is InChI=1S/C24H30N4O3/c29-24(21-5-8-26(9-6-21)17-20-2-1-7-25-15-20)28-12-10-27(11-13-28)16-19-3-4-22-23(14-19)31-18-30-22/h1-4,7,14-15,21H,5-6,8-13,16-18H2. The van der Waals surface area contributed by atoms with Gasteiger partial charge in [0.05, 0.1) is 0 Å². The Hall–Kier alpha value is -2.64. The quantitative estimate of drug-likeness (QED) is 0.737. The molecule has 2 fully saturated rings. The molecule has 2 aromatic rings. The maximum atomic E-state index is 13.1. The van der Waals surface area contributed by atoms with Gasteiger partial charge in [0.25, 0.3) is 0 Å². The van der Waals surface area contributed by atoms with Crippen molar-refractivity contribution in [2.45, 2.75) is 25.9 Å². The van der Waals surface area contributed by atoms with Crippen LogP contribution in [0.3, 0.4) is 0 Å². The van der Waals surface area contributed by atoms with Gasteiger partial charge in [0.15, 0.2) is 11.5 Å². The molecule has 1 amide bonds. The van der Waals surface area contributed by atoms with E-state index in [0.29, 0.717) is 12.7 Å². The summed E-state index contributed by atoms with van der Waals surface area (Å²) in [6.45, 7) is 7.55. The van der Waals surface area contributed by atoms with Crippen molar-refractivity contribution < 1.29 is 14.3 Å². The van der Waals surface area contributed by atoms with E-state index in [0.717, 1.165) is 76.7 Å². The van der Waals surface area contributed by atoms with Gasteiger partial charge in [0.2, 0.25) is 12.7 Å². The third-order valence-electron chi connectivity index (χ3n) is 6.59. The lowest BCUT2D eigenvalue weighted by atomic mass is 9.94. The predicted molar refractivity (Wildman–Crippen MR) is 117 cm³/mol. The summed E-state index contributed by atoms with van der Waals surface area (Å²) in [4.78, 5) is 24.2. The number of amides is 1. The summed E-state index contributed by atoms with van der Waals surface area (Å²) in [5.74, 6) is 2.18. The lowest BCUT2D eigenvalue weighted by Gasteiger charge is -2.38. The highest BCUT2D eigenvalue weighted by atomic mass is 16.7. The Kier molecular flexibility index (Phi) is 6.04. The van der Waals surface area contributed by atoms with Gasteiger partial charge >= 0.3 is 0 Å². The van der Waals surface area contributed by atoms with Gasteiger partial charge in [-0.15, -0.1) is 0 Å². The first-order valence-electron chi connectivity index (χ1n) is 11.3. The monoisotopic (exact) mass is 422 g/mol. The van der Waals surface area contributed by atoms with Crippen molar-refractivity contribution in [3.63, 3.8) is 0 Å². The summed E-state index contributed by atoms with van der Waals surface area (Å²) in [5, 5.41) is 0. The molecule has 7 heteroatoms. The van der Waals surface area contributed by atoms with Crippen LogP contribution >= 0.6 is 0 Å². The molecule has 1 aromatic carbocycles. The van der Waals surface area contributed by atoms with Crippen molar-refractivity contribution in [3.8, 4) is 11.5 Å². The second-order valence-electron chi connectivity index (χ2n) is 8.70. The Labute approximate surface area is 183 Å². The fourth-order valence-electron chi connectivity index (χ4n) is 4.77. The average molecular weight is 423 g/mol. The normalized spacial score (nSPS) is 20.2. The summed E-state index contributed by atoms with van der Waals surface area (Å²) in [5.41, 5.74) is 2.47. The lowest BCUT2D eigenvalue weighted by molar-refractivity contribution is -0.139. The summed E-state index contributed by atoms with van der Waals surface area (Å²) in [7, 11) is 0. The molecule has 5 rings (SSSR count). The number of fused-ring (bicyclic) bond motifs is 1. The van der Waals surface area contributed by atoms with Crippen molar-refractivity contribution in [2.75, 3.05) is 46.1 Å². The summed E-state index contributed by atoms with van der Waals surface area (Å²) < 4.78 is 10.9. The van der Waals surface area contributed by atoms with E-state index in [-0.39, 0.29) is 5.92 Å². The van der Waals surface area contributed by atoms with Gasteiger partial charge in [0.1, 0.15) is 0 Å². The van der Waals surface area contributed by atoms with E-state index in [1.54, 1.807) is 0 Å². The number of likely N-dealkylation sites (tertiary alicyclic amines) is 1. The number of aromatic nitrogens is 1. The zero-order valence-corrected chi connectivity index (χ0v) is 17.9. The van der Waals surface area contributed by atoms with E-state index in [9.17, 15) is 4.79 Å². The highest BCUT2D eigenvalue weighted by Gasteiger charge is 2.30. The van der Waals surface area contributed by atoms with E-state index in [1.165, 1.54) is 11.1 Å². The number of rotatable bonds is 5. The van der Waals surface area contributed by atoms with Gasteiger partial charge in [-0.1, -0.05) is 12.1 Å². The summed E-state index contributed by atoms with van der Waals surface area (Å²) >= 11 is 0. The second-order valence-corrected chi connectivity index (χ2v) is 8.70. The Morgan fingerprint density at radius 1 is 0.903 bits per heavy atom. The number of piperazine rings is 1.